The van der Waals surface area contributed by atoms with E-state index in [1.54, 1.807) is 65.4 Å². The van der Waals surface area contributed by atoms with Crippen LogP contribution in [0.15, 0.2) is 60.7 Å². The molecule has 0 radical (unpaired) electrons. The van der Waals surface area contributed by atoms with Gasteiger partial charge >= 0.3 is 22.3 Å². The minimum Gasteiger partial charge on any atom is -0.468 e. The maximum atomic E-state index is 12.1. The lowest BCUT2D eigenvalue weighted by Gasteiger charge is -2.17. The summed E-state index contributed by atoms with van der Waals surface area (Å²) in [6.45, 7) is -0.0906. The fourth-order valence-corrected chi connectivity index (χ4v) is 3.14. The molecule has 8 nitrogen and oxygen atoms in total. The molecule has 0 heterocycles. The lowest BCUT2D eigenvalue weighted by molar-refractivity contribution is -0.142. The van der Waals surface area contributed by atoms with Crippen LogP contribution in [0, 0.1) is 0 Å². The Labute approximate surface area is 157 Å². The Bertz CT molecular complexity index is 856. The maximum absolute atomic E-state index is 12.1. The average Bonchev–Trinajstić information content (AvgIpc) is 2.66. The Balaban J connectivity index is 1.96. The molecule has 0 fully saturated rings. The summed E-state index contributed by atoms with van der Waals surface area (Å²) in [4.78, 5) is 23.6. The zero-order chi connectivity index (χ0) is 19.7. The Morgan fingerprint density at radius 2 is 1.52 bits per heavy atom. The molecule has 0 spiro atoms. The summed E-state index contributed by atoms with van der Waals surface area (Å²) in [5.74, 6) is -0.776. The van der Waals surface area contributed by atoms with Crippen molar-refractivity contribution in [1.82, 2.24) is 9.44 Å². The van der Waals surface area contributed by atoms with Gasteiger partial charge in [0.05, 0.1) is 7.11 Å². The second-order valence-corrected chi connectivity index (χ2v) is 7.00. The minimum atomic E-state index is -4.33. The predicted octanol–water partition coefficient (Wildman–Crippen LogP) is 1.53. The van der Waals surface area contributed by atoms with Crippen LogP contribution in [-0.2, 0) is 37.5 Å². The Morgan fingerprint density at radius 3 is 2.07 bits per heavy atom. The fourth-order valence-electron chi connectivity index (χ4n) is 2.24. The summed E-state index contributed by atoms with van der Waals surface area (Å²) in [6, 6.07) is 16.4. The van der Waals surface area contributed by atoms with E-state index in [9.17, 15) is 18.0 Å². The molecule has 0 aliphatic rings. The first-order valence-electron chi connectivity index (χ1n) is 8.02. The van der Waals surface area contributed by atoms with Gasteiger partial charge in [0, 0.05) is 0 Å². The van der Waals surface area contributed by atoms with Gasteiger partial charge in [0.25, 0.3) is 0 Å². The highest BCUT2D eigenvalue weighted by Gasteiger charge is 2.27. The van der Waals surface area contributed by atoms with E-state index in [4.69, 9.17) is 4.74 Å². The molecule has 0 aliphatic carbocycles. The van der Waals surface area contributed by atoms with Gasteiger partial charge in [0.2, 0.25) is 0 Å². The van der Waals surface area contributed by atoms with Gasteiger partial charge in [0.1, 0.15) is 12.6 Å². The Hall–Kier alpha value is -2.91. The zero-order valence-electron chi connectivity index (χ0n) is 14.6. The molecule has 2 aromatic rings. The summed E-state index contributed by atoms with van der Waals surface area (Å²) in [7, 11) is -3.19. The van der Waals surface area contributed by atoms with Gasteiger partial charge in [-0.25, -0.2) is 9.52 Å². The van der Waals surface area contributed by atoms with Crippen molar-refractivity contribution in [2.24, 2.45) is 0 Å². The monoisotopic (exact) mass is 392 g/mol. The van der Waals surface area contributed by atoms with E-state index >= 15 is 0 Å². The minimum absolute atomic E-state index is 0.0630. The van der Waals surface area contributed by atoms with Crippen LogP contribution in [0.2, 0.25) is 0 Å². The van der Waals surface area contributed by atoms with Gasteiger partial charge in [-0.2, -0.15) is 13.1 Å². The smallest absolute Gasteiger partial charge is 0.422 e. The number of benzene rings is 2. The van der Waals surface area contributed by atoms with Gasteiger partial charge in [-0.1, -0.05) is 60.7 Å². The number of hydrogen-bond donors (Lipinski definition) is 2. The first-order chi connectivity index (χ1) is 12.9. The van der Waals surface area contributed by atoms with Crippen molar-refractivity contribution in [2.75, 3.05) is 7.11 Å². The molecule has 0 aliphatic heterocycles. The number of methoxy groups -OCH3 is 1. The van der Waals surface area contributed by atoms with Crippen LogP contribution in [0.4, 0.5) is 4.79 Å². The van der Waals surface area contributed by atoms with Gasteiger partial charge in [-0.15, -0.1) is 0 Å². The summed E-state index contributed by atoms with van der Waals surface area (Å²) in [5, 5.41) is 0. The van der Waals surface area contributed by atoms with Crippen LogP contribution in [0.5, 0.6) is 0 Å². The molecule has 1 atom stereocenters. The van der Waals surface area contributed by atoms with Crippen molar-refractivity contribution in [3.8, 4) is 0 Å². The van der Waals surface area contributed by atoms with E-state index in [0.29, 0.717) is 5.56 Å². The largest absolute Gasteiger partial charge is 0.468 e. The van der Waals surface area contributed by atoms with Crippen LogP contribution in [0.1, 0.15) is 11.1 Å². The summed E-state index contributed by atoms with van der Waals surface area (Å²) >= 11 is 0. The Kier molecular flexibility index (Phi) is 7.33. The van der Waals surface area contributed by atoms with Crippen molar-refractivity contribution in [3.05, 3.63) is 71.8 Å². The molecule has 9 heteroatoms. The van der Waals surface area contributed by atoms with Crippen LogP contribution in [0.25, 0.3) is 0 Å². The quantitative estimate of drug-likeness (QED) is 0.659. The molecule has 2 aromatic carbocycles. The van der Waals surface area contributed by atoms with Crippen molar-refractivity contribution in [2.45, 2.75) is 19.1 Å². The van der Waals surface area contributed by atoms with Crippen LogP contribution < -0.4 is 9.44 Å². The lowest BCUT2D eigenvalue weighted by atomic mass is 10.1. The van der Waals surface area contributed by atoms with Crippen molar-refractivity contribution < 1.29 is 27.5 Å². The molecule has 144 valence electrons. The highest BCUT2D eigenvalue weighted by molar-refractivity contribution is 7.88. The van der Waals surface area contributed by atoms with Crippen molar-refractivity contribution >= 4 is 22.3 Å². The predicted molar refractivity (Wildman–Crippen MR) is 97.8 cm³/mol. The van der Waals surface area contributed by atoms with Gasteiger partial charge in [0.15, 0.2) is 0 Å². The number of ether oxygens (including phenoxy) is 2. The standard InChI is InChI=1S/C18H20N2O6S/c1-25-17(21)16(12-14-8-4-2-5-9-14)19-27(23,24)20-18(22)26-13-15-10-6-3-7-11-15/h2-11,16,19H,12-13H2,1H3,(H,20,22). The second-order valence-electron chi connectivity index (χ2n) is 5.55. The molecule has 2 rings (SSSR count). The molecule has 1 amide bonds. The zero-order valence-corrected chi connectivity index (χ0v) is 15.4. The molecule has 0 bridgehead atoms. The third-order valence-corrected chi connectivity index (χ3v) is 4.53. The Morgan fingerprint density at radius 1 is 0.963 bits per heavy atom. The number of carbonyl (C=O) groups is 2. The van der Waals surface area contributed by atoms with E-state index in [1.165, 1.54) is 0 Å². The molecule has 1 unspecified atom stereocenters. The van der Waals surface area contributed by atoms with Crippen LogP contribution in [-0.4, -0.2) is 33.6 Å². The van der Waals surface area contributed by atoms with Crippen LogP contribution in [0.3, 0.4) is 0 Å². The van der Waals surface area contributed by atoms with E-state index in [0.717, 1.165) is 12.7 Å². The lowest BCUT2D eigenvalue weighted by Crippen LogP contribution is -2.49. The fraction of sp³-hybridized carbons (Fsp3) is 0.222. The summed E-state index contributed by atoms with van der Waals surface area (Å²) in [5.41, 5.74) is 1.43. The number of amides is 1. The highest BCUT2D eigenvalue weighted by atomic mass is 32.2. The number of hydrogen-bond acceptors (Lipinski definition) is 6. The molecule has 0 saturated carbocycles. The van der Waals surface area contributed by atoms with Gasteiger partial charge < -0.3 is 9.47 Å². The third kappa shape index (κ3) is 7.08. The number of esters is 1. The SMILES string of the molecule is COC(=O)C(Cc1ccccc1)NS(=O)(=O)NC(=O)OCc1ccccc1. The van der Waals surface area contributed by atoms with Crippen LogP contribution >= 0.6 is 0 Å². The summed E-state index contributed by atoms with van der Waals surface area (Å²) < 4.78 is 37.6. The number of nitrogens with one attached hydrogen (secondary N) is 2. The van der Waals surface area contributed by atoms with Gasteiger partial charge in [-0.05, 0) is 17.5 Å². The topological polar surface area (TPSA) is 111 Å². The molecule has 27 heavy (non-hydrogen) atoms. The van der Waals surface area contributed by atoms with Crippen molar-refractivity contribution in [3.63, 3.8) is 0 Å². The van der Waals surface area contributed by atoms with E-state index in [-0.39, 0.29) is 13.0 Å². The number of rotatable bonds is 8. The van der Waals surface area contributed by atoms with Crippen molar-refractivity contribution in [1.29, 1.82) is 0 Å². The first kappa shape index (κ1) is 20.4. The molecular weight excluding hydrogens is 372 g/mol. The third-order valence-electron chi connectivity index (χ3n) is 3.50. The normalized spacial score (nSPS) is 12.0. The second kappa shape index (κ2) is 9.70. The molecular formula is C18H20N2O6S. The maximum Gasteiger partial charge on any atom is 0.422 e. The van der Waals surface area contributed by atoms with E-state index in [2.05, 4.69) is 9.46 Å². The number of carbonyl (C=O) groups excluding carboxylic acids is 2. The average molecular weight is 392 g/mol. The molecule has 0 aromatic heterocycles. The van der Waals surface area contributed by atoms with E-state index in [1.807, 2.05) is 0 Å². The molecule has 0 saturated heterocycles. The molecule has 2 N–H and O–H groups in total. The van der Waals surface area contributed by atoms with E-state index < -0.39 is 28.3 Å². The van der Waals surface area contributed by atoms with Gasteiger partial charge in [-0.3, -0.25) is 4.79 Å². The highest BCUT2D eigenvalue weighted by Crippen LogP contribution is 2.06. The summed E-state index contributed by atoms with van der Waals surface area (Å²) in [6.07, 6.45) is -1.09. The first-order valence-corrected chi connectivity index (χ1v) is 9.50.